The van der Waals surface area contributed by atoms with Crippen LogP contribution in [-0.4, -0.2) is 23.4 Å². The van der Waals surface area contributed by atoms with Crippen molar-refractivity contribution in [3.8, 4) is 0 Å². The van der Waals surface area contributed by atoms with Crippen molar-refractivity contribution in [3.63, 3.8) is 0 Å². The van der Waals surface area contributed by atoms with Crippen molar-refractivity contribution in [3.05, 3.63) is 84.4 Å². The molecular weight excluding hydrogens is 288 g/mol. The Morgan fingerprint density at radius 1 is 0.913 bits per heavy atom. The smallest absolute Gasteiger partial charge is 0.113 e. The summed E-state index contributed by atoms with van der Waals surface area (Å²) >= 11 is 0. The van der Waals surface area contributed by atoms with Crippen LogP contribution >= 0.6 is 0 Å². The van der Waals surface area contributed by atoms with Gasteiger partial charge in [-0.3, -0.25) is 0 Å². The van der Waals surface area contributed by atoms with E-state index >= 15 is 0 Å². The number of rotatable bonds is 9. The predicted molar refractivity (Wildman–Crippen MR) is 91.9 cm³/mol. The topological polar surface area (TPSA) is 38.7 Å². The molecule has 122 valence electrons. The standard InChI is InChI=1S/C20H24O3/c1-3-19(22-14-17-10-6-4-7-11-17)20(16(2)21)23-15-18-12-8-5-9-13-18/h3-13,16,19-21H,1,14-15H2,2H3. The van der Waals surface area contributed by atoms with Crippen LogP contribution in [0.15, 0.2) is 73.3 Å². The Morgan fingerprint density at radius 3 is 1.83 bits per heavy atom. The molecule has 2 aromatic carbocycles. The SMILES string of the molecule is C=CC(OCc1ccccc1)C(OCc1ccccc1)C(C)O. The third-order valence-electron chi connectivity index (χ3n) is 3.60. The zero-order chi connectivity index (χ0) is 16.5. The van der Waals surface area contributed by atoms with Crippen molar-refractivity contribution in [2.24, 2.45) is 0 Å². The summed E-state index contributed by atoms with van der Waals surface area (Å²) in [7, 11) is 0. The van der Waals surface area contributed by atoms with Gasteiger partial charge in [-0.15, -0.1) is 6.58 Å². The van der Waals surface area contributed by atoms with Crippen molar-refractivity contribution < 1.29 is 14.6 Å². The molecule has 3 heteroatoms. The monoisotopic (exact) mass is 312 g/mol. The maximum Gasteiger partial charge on any atom is 0.113 e. The molecule has 3 nitrogen and oxygen atoms in total. The van der Waals surface area contributed by atoms with E-state index in [0.29, 0.717) is 13.2 Å². The number of ether oxygens (including phenoxy) is 2. The number of benzene rings is 2. The summed E-state index contributed by atoms with van der Waals surface area (Å²) in [6.07, 6.45) is 0.193. The van der Waals surface area contributed by atoms with Crippen LogP contribution in [-0.2, 0) is 22.7 Å². The summed E-state index contributed by atoms with van der Waals surface area (Å²) in [5, 5.41) is 10.0. The summed E-state index contributed by atoms with van der Waals surface area (Å²) in [6, 6.07) is 19.8. The van der Waals surface area contributed by atoms with Crippen molar-refractivity contribution in [1.29, 1.82) is 0 Å². The van der Waals surface area contributed by atoms with Gasteiger partial charge in [0.1, 0.15) is 12.2 Å². The van der Waals surface area contributed by atoms with E-state index in [0.717, 1.165) is 11.1 Å². The lowest BCUT2D eigenvalue weighted by Crippen LogP contribution is -2.38. The number of hydrogen-bond acceptors (Lipinski definition) is 3. The van der Waals surface area contributed by atoms with E-state index in [1.807, 2.05) is 60.7 Å². The summed E-state index contributed by atoms with van der Waals surface area (Å²) in [4.78, 5) is 0. The molecule has 0 spiro atoms. The van der Waals surface area contributed by atoms with E-state index in [1.54, 1.807) is 13.0 Å². The molecule has 1 N–H and O–H groups in total. The number of hydrogen-bond donors (Lipinski definition) is 1. The fourth-order valence-electron chi connectivity index (χ4n) is 2.34. The summed E-state index contributed by atoms with van der Waals surface area (Å²) in [5.41, 5.74) is 2.13. The molecule has 0 saturated heterocycles. The van der Waals surface area contributed by atoms with Gasteiger partial charge in [-0.1, -0.05) is 66.7 Å². The Bertz CT molecular complexity index is 566. The van der Waals surface area contributed by atoms with Crippen molar-refractivity contribution >= 4 is 0 Å². The van der Waals surface area contributed by atoms with Gasteiger partial charge in [0.25, 0.3) is 0 Å². The normalized spacial score (nSPS) is 14.9. The van der Waals surface area contributed by atoms with Gasteiger partial charge in [0, 0.05) is 0 Å². The van der Waals surface area contributed by atoms with Crippen LogP contribution in [0.2, 0.25) is 0 Å². The van der Waals surface area contributed by atoms with Crippen LogP contribution < -0.4 is 0 Å². The van der Waals surface area contributed by atoms with Crippen LogP contribution in [0.4, 0.5) is 0 Å². The van der Waals surface area contributed by atoms with Crippen molar-refractivity contribution in [2.45, 2.75) is 38.4 Å². The van der Waals surface area contributed by atoms with Gasteiger partial charge in [-0.25, -0.2) is 0 Å². The molecule has 23 heavy (non-hydrogen) atoms. The highest BCUT2D eigenvalue weighted by Gasteiger charge is 2.25. The molecule has 3 unspecified atom stereocenters. The second kappa shape index (κ2) is 9.26. The van der Waals surface area contributed by atoms with Crippen molar-refractivity contribution in [1.82, 2.24) is 0 Å². The van der Waals surface area contributed by atoms with Gasteiger partial charge in [0.05, 0.1) is 19.3 Å². The molecule has 0 saturated carbocycles. The average Bonchev–Trinajstić information content (AvgIpc) is 2.59. The summed E-state index contributed by atoms with van der Waals surface area (Å²) in [5.74, 6) is 0. The van der Waals surface area contributed by atoms with Gasteiger partial charge in [-0.2, -0.15) is 0 Å². The molecule has 0 heterocycles. The minimum atomic E-state index is -0.655. The molecule has 0 aliphatic carbocycles. The first-order chi connectivity index (χ1) is 11.2. The second-order valence-corrected chi connectivity index (χ2v) is 5.50. The zero-order valence-electron chi connectivity index (χ0n) is 13.5. The fraction of sp³-hybridized carbons (Fsp3) is 0.300. The molecule has 0 aromatic heterocycles. The van der Waals surface area contributed by atoms with E-state index in [2.05, 4.69) is 6.58 Å². The van der Waals surface area contributed by atoms with Crippen LogP contribution in [0.3, 0.4) is 0 Å². The quantitative estimate of drug-likeness (QED) is 0.717. The number of aliphatic hydroxyl groups excluding tert-OH is 1. The third-order valence-corrected chi connectivity index (χ3v) is 3.60. The van der Waals surface area contributed by atoms with E-state index in [4.69, 9.17) is 9.47 Å². The predicted octanol–water partition coefficient (Wildman–Crippen LogP) is 3.72. The highest BCUT2D eigenvalue weighted by atomic mass is 16.5. The molecule has 0 bridgehead atoms. The maximum atomic E-state index is 10.0. The molecule has 0 aliphatic rings. The Labute approximate surface area is 138 Å². The molecule has 0 radical (unpaired) electrons. The average molecular weight is 312 g/mol. The number of aliphatic hydroxyl groups is 1. The van der Waals surface area contributed by atoms with Gasteiger partial charge in [-0.05, 0) is 18.1 Å². The molecule has 3 atom stereocenters. The Hall–Kier alpha value is -1.94. The second-order valence-electron chi connectivity index (χ2n) is 5.50. The van der Waals surface area contributed by atoms with Gasteiger partial charge in [0.15, 0.2) is 0 Å². The first kappa shape index (κ1) is 17.4. The molecular formula is C20H24O3. The minimum absolute atomic E-state index is 0.376. The van der Waals surface area contributed by atoms with E-state index in [1.165, 1.54) is 0 Å². The molecule has 2 aromatic rings. The van der Waals surface area contributed by atoms with Crippen LogP contribution in [0, 0.1) is 0 Å². The van der Waals surface area contributed by atoms with Crippen molar-refractivity contribution in [2.75, 3.05) is 0 Å². The Morgan fingerprint density at radius 2 is 1.39 bits per heavy atom. The fourth-order valence-corrected chi connectivity index (χ4v) is 2.34. The molecule has 0 amide bonds. The lowest BCUT2D eigenvalue weighted by atomic mass is 10.1. The van der Waals surface area contributed by atoms with E-state index in [9.17, 15) is 5.11 Å². The van der Waals surface area contributed by atoms with E-state index in [-0.39, 0.29) is 6.10 Å². The van der Waals surface area contributed by atoms with Crippen LogP contribution in [0.25, 0.3) is 0 Å². The Balaban J connectivity index is 1.94. The van der Waals surface area contributed by atoms with Crippen LogP contribution in [0.5, 0.6) is 0 Å². The molecule has 0 fully saturated rings. The first-order valence-corrected chi connectivity index (χ1v) is 7.82. The highest BCUT2D eigenvalue weighted by molar-refractivity contribution is 5.14. The lowest BCUT2D eigenvalue weighted by molar-refractivity contribution is -0.111. The largest absolute Gasteiger partial charge is 0.391 e. The highest BCUT2D eigenvalue weighted by Crippen LogP contribution is 2.15. The third kappa shape index (κ3) is 5.64. The summed E-state index contributed by atoms with van der Waals surface area (Å²) < 4.78 is 11.8. The maximum absolute atomic E-state index is 10.0. The summed E-state index contributed by atoms with van der Waals surface area (Å²) in [6.45, 7) is 6.40. The van der Waals surface area contributed by atoms with Gasteiger partial charge in [0.2, 0.25) is 0 Å². The first-order valence-electron chi connectivity index (χ1n) is 7.82. The van der Waals surface area contributed by atoms with E-state index < -0.39 is 12.2 Å². The zero-order valence-corrected chi connectivity index (χ0v) is 13.5. The molecule has 2 rings (SSSR count). The lowest BCUT2D eigenvalue weighted by Gasteiger charge is -2.27. The van der Waals surface area contributed by atoms with Gasteiger partial charge < -0.3 is 14.6 Å². The minimum Gasteiger partial charge on any atom is -0.391 e. The van der Waals surface area contributed by atoms with Crippen LogP contribution in [0.1, 0.15) is 18.1 Å². The molecule has 0 aliphatic heterocycles. The van der Waals surface area contributed by atoms with Gasteiger partial charge >= 0.3 is 0 Å². The Kier molecular flexibility index (Phi) is 7.01.